The Morgan fingerprint density at radius 1 is 1.04 bits per heavy atom. The third-order valence-electron chi connectivity index (χ3n) is 5.27. The van der Waals surface area contributed by atoms with Gasteiger partial charge in [-0.1, -0.05) is 23.8 Å². The number of aryl methyl sites for hydroxylation is 2. The number of hydrogen-bond donors (Lipinski definition) is 0. The zero-order valence-corrected chi connectivity index (χ0v) is 15.1. The molecule has 3 rings (SSSR count). The second-order valence-electron chi connectivity index (χ2n) is 7.06. The SMILES string of the molecule is Cc1ccc(CN2CCC(S(=O)(=O)N3CCCC3)CC2)c(C)c1. The van der Waals surface area contributed by atoms with E-state index in [4.69, 9.17) is 0 Å². The van der Waals surface area contributed by atoms with E-state index in [0.717, 1.165) is 58.4 Å². The molecule has 4 nitrogen and oxygen atoms in total. The number of rotatable bonds is 4. The highest BCUT2D eigenvalue weighted by Gasteiger charge is 2.35. The molecule has 0 amide bonds. The monoisotopic (exact) mass is 336 g/mol. The van der Waals surface area contributed by atoms with Gasteiger partial charge in [-0.25, -0.2) is 12.7 Å². The fraction of sp³-hybridized carbons (Fsp3) is 0.667. The minimum Gasteiger partial charge on any atom is -0.299 e. The Bertz CT molecular complexity index is 643. The molecule has 1 aromatic rings. The fourth-order valence-corrected chi connectivity index (χ4v) is 5.78. The van der Waals surface area contributed by atoms with Crippen LogP contribution in [0.25, 0.3) is 0 Å². The van der Waals surface area contributed by atoms with Gasteiger partial charge >= 0.3 is 0 Å². The van der Waals surface area contributed by atoms with Crippen molar-refractivity contribution in [3.8, 4) is 0 Å². The fourth-order valence-electron chi connectivity index (χ4n) is 3.78. The Hall–Kier alpha value is -0.910. The Balaban J connectivity index is 1.58. The molecule has 2 saturated heterocycles. The third-order valence-corrected chi connectivity index (χ3v) is 7.67. The number of piperidine rings is 1. The molecular weight excluding hydrogens is 308 g/mol. The van der Waals surface area contributed by atoms with Crippen molar-refractivity contribution in [1.29, 1.82) is 0 Å². The molecule has 0 aliphatic carbocycles. The minimum atomic E-state index is -3.07. The molecule has 0 saturated carbocycles. The topological polar surface area (TPSA) is 40.6 Å². The molecule has 0 unspecified atom stereocenters. The molecule has 0 aromatic heterocycles. The van der Waals surface area contributed by atoms with Crippen molar-refractivity contribution in [3.05, 3.63) is 34.9 Å². The van der Waals surface area contributed by atoms with Crippen LogP contribution in [-0.4, -0.2) is 49.1 Å². The number of nitrogens with zero attached hydrogens (tertiary/aromatic N) is 2. The van der Waals surface area contributed by atoms with Crippen LogP contribution < -0.4 is 0 Å². The first-order valence-electron chi connectivity index (χ1n) is 8.74. The van der Waals surface area contributed by atoms with Crippen LogP contribution >= 0.6 is 0 Å². The second-order valence-corrected chi connectivity index (χ2v) is 9.27. The van der Waals surface area contributed by atoms with Gasteiger partial charge < -0.3 is 0 Å². The summed E-state index contributed by atoms with van der Waals surface area (Å²) in [7, 11) is -3.07. The molecule has 2 heterocycles. The van der Waals surface area contributed by atoms with Crippen LogP contribution in [0.1, 0.15) is 42.4 Å². The van der Waals surface area contributed by atoms with Gasteiger partial charge in [-0.15, -0.1) is 0 Å². The van der Waals surface area contributed by atoms with Gasteiger partial charge in [0.25, 0.3) is 0 Å². The Labute approximate surface area is 140 Å². The average Bonchev–Trinajstić information content (AvgIpc) is 3.06. The summed E-state index contributed by atoms with van der Waals surface area (Å²) in [5, 5.41) is -0.170. The van der Waals surface area contributed by atoms with E-state index in [1.807, 2.05) is 0 Å². The molecular formula is C18H28N2O2S. The van der Waals surface area contributed by atoms with E-state index in [1.165, 1.54) is 16.7 Å². The zero-order chi connectivity index (χ0) is 16.4. The van der Waals surface area contributed by atoms with Gasteiger partial charge in [0.2, 0.25) is 10.0 Å². The van der Waals surface area contributed by atoms with Gasteiger partial charge in [-0.05, 0) is 63.7 Å². The zero-order valence-electron chi connectivity index (χ0n) is 14.3. The number of sulfonamides is 1. The molecule has 128 valence electrons. The lowest BCUT2D eigenvalue weighted by Gasteiger charge is -2.33. The van der Waals surface area contributed by atoms with Crippen LogP contribution in [0, 0.1) is 13.8 Å². The summed E-state index contributed by atoms with van der Waals surface area (Å²) in [5.41, 5.74) is 3.98. The quantitative estimate of drug-likeness (QED) is 0.849. The van der Waals surface area contributed by atoms with Crippen molar-refractivity contribution in [2.75, 3.05) is 26.2 Å². The molecule has 0 bridgehead atoms. The summed E-state index contributed by atoms with van der Waals surface area (Å²) in [4.78, 5) is 2.40. The lowest BCUT2D eigenvalue weighted by atomic mass is 10.0. The van der Waals surface area contributed by atoms with E-state index < -0.39 is 10.0 Å². The number of benzene rings is 1. The Morgan fingerprint density at radius 3 is 2.30 bits per heavy atom. The van der Waals surface area contributed by atoms with E-state index in [1.54, 1.807) is 4.31 Å². The third kappa shape index (κ3) is 3.78. The highest BCUT2D eigenvalue weighted by Crippen LogP contribution is 2.25. The molecule has 2 fully saturated rings. The predicted molar refractivity (Wildman–Crippen MR) is 93.9 cm³/mol. The van der Waals surface area contributed by atoms with Crippen molar-refractivity contribution in [2.45, 2.75) is 51.3 Å². The van der Waals surface area contributed by atoms with Gasteiger partial charge in [0.05, 0.1) is 5.25 Å². The van der Waals surface area contributed by atoms with Crippen LogP contribution in [0.15, 0.2) is 18.2 Å². The molecule has 0 spiro atoms. The van der Waals surface area contributed by atoms with Gasteiger partial charge in [-0.3, -0.25) is 4.90 Å². The first-order chi connectivity index (χ1) is 11.0. The maximum absolute atomic E-state index is 12.7. The first-order valence-corrected chi connectivity index (χ1v) is 10.2. The van der Waals surface area contributed by atoms with E-state index in [0.29, 0.717) is 0 Å². The summed E-state index contributed by atoms with van der Waals surface area (Å²) in [6.07, 6.45) is 3.57. The first kappa shape index (κ1) is 16.9. The van der Waals surface area contributed by atoms with Crippen LogP contribution in [0.4, 0.5) is 0 Å². The van der Waals surface area contributed by atoms with Crippen molar-refractivity contribution in [1.82, 2.24) is 9.21 Å². The van der Waals surface area contributed by atoms with E-state index >= 15 is 0 Å². The lowest BCUT2D eigenvalue weighted by Crippen LogP contribution is -2.44. The van der Waals surface area contributed by atoms with Crippen LogP contribution in [-0.2, 0) is 16.6 Å². The average molecular weight is 337 g/mol. The molecule has 5 heteroatoms. The van der Waals surface area contributed by atoms with E-state index in [2.05, 4.69) is 36.9 Å². The molecule has 1 aromatic carbocycles. The lowest BCUT2D eigenvalue weighted by molar-refractivity contribution is 0.219. The van der Waals surface area contributed by atoms with Crippen LogP contribution in [0.2, 0.25) is 0 Å². The summed E-state index contributed by atoms with van der Waals surface area (Å²) >= 11 is 0. The highest BCUT2D eigenvalue weighted by atomic mass is 32.2. The summed E-state index contributed by atoms with van der Waals surface area (Å²) < 4.78 is 27.0. The van der Waals surface area contributed by atoms with Crippen molar-refractivity contribution >= 4 is 10.0 Å². The standard InChI is InChI=1S/C18H28N2O2S/c1-15-5-6-17(16(2)13-15)14-19-11-7-18(8-12-19)23(21,22)20-9-3-4-10-20/h5-6,13,18H,3-4,7-12,14H2,1-2H3. The molecule has 23 heavy (non-hydrogen) atoms. The Kier molecular flexibility index (Phi) is 5.09. The van der Waals surface area contributed by atoms with E-state index in [-0.39, 0.29) is 5.25 Å². The van der Waals surface area contributed by atoms with Gasteiger partial charge in [0, 0.05) is 19.6 Å². The maximum atomic E-state index is 12.7. The van der Waals surface area contributed by atoms with Gasteiger partial charge in [-0.2, -0.15) is 0 Å². The molecule has 2 aliphatic heterocycles. The van der Waals surface area contributed by atoms with Gasteiger partial charge in [0.15, 0.2) is 0 Å². The number of likely N-dealkylation sites (tertiary alicyclic amines) is 1. The molecule has 0 atom stereocenters. The highest BCUT2D eigenvalue weighted by molar-refractivity contribution is 7.89. The number of hydrogen-bond acceptors (Lipinski definition) is 3. The maximum Gasteiger partial charge on any atom is 0.217 e. The summed E-state index contributed by atoms with van der Waals surface area (Å²) in [5.74, 6) is 0. The normalized spacial score (nSPS) is 21.8. The van der Waals surface area contributed by atoms with Gasteiger partial charge in [0.1, 0.15) is 0 Å². The molecule has 2 aliphatic rings. The Morgan fingerprint density at radius 2 is 1.70 bits per heavy atom. The second kappa shape index (κ2) is 6.91. The summed E-state index contributed by atoms with van der Waals surface area (Å²) in [6.45, 7) is 8.42. The predicted octanol–water partition coefficient (Wildman–Crippen LogP) is 2.69. The van der Waals surface area contributed by atoms with Crippen LogP contribution in [0.5, 0.6) is 0 Å². The van der Waals surface area contributed by atoms with E-state index in [9.17, 15) is 8.42 Å². The van der Waals surface area contributed by atoms with Crippen LogP contribution in [0.3, 0.4) is 0 Å². The largest absolute Gasteiger partial charge is 0.299 e. The molecule has 0 N–H and O–H groups in total. The smallest absolute Gasteiger partial charge is 0.217 e. The van der Waals surface area contributed by atoms with Crippen molar-refractivity contribution in [3.63, 3.8) is 0 Å². The minimum absolute atomic E-state index is 0.170. The van der Waals surface area contributed by atoms with Crippen molar-refractivity contribution < 1.29 is 8.42 Å². The molecule has 0 radical (unpaired) electrons. The van der Waals surface area contributed by atoms with Crippen molar-refractivity contribution in [2.24, 2.45) is 0 Å². The summed E-state index contributed by atoms with van der Waals surface area (Å²) in [6, 6.07) is 6.59.